The maximum atomic E-state index is 8.58. The van der Waals surface area contributed by atoms with Gasteiger partial charge in [-0.25, -0.2) is 0 Å². The Morgan fingerprint density at radius 3 is 1.20 bits per heavy atom. The Labute approximate surface area is 57.6 Å². The van der Waals surface area contributed by atoms with Gasteiger partial charge in [0.05, 0.1) is 0 Å². The first kappa shape index (κ1) is 9.54. The summed E-state index contributed by atoms with van der Waals surface area (Å²) in [7, 11) is 0. The molecule has 0 aliphatic heterocycles. The first-order chi connectivity index (χ1) is 2.41. The van der Waals surface area contributed by atoms with Crippen molar-refractivity contribution in [3.05, 3.63) is 0 Å². The van der Waals surface area contributed by atoms with E-state index in [9.17, 15) is 0 Å². The Bertz CT molecular complexity index is 36.2. The first-order valence-corrected chi connectivity index (χ1v) is 4.63. The zero-order chi connectivity index (χ0) is 4.71. The summed E-state index contributed by atoms with van der Waals surface area (Å²) in [6.07, 6.45) is 0. The molecule has 0 spiro atoms. The molecular weight excluding hydrogens is 307 g/mol. The molecule has 0 aliphatic rings. The van der Waals surface area contributed by atoms with E-state index in [0.717, 1.165) is 0 Å². The fourth-order valence-corrected chi connectivity index (χ4v) is 0. The van der Waals surface area contributed by atoms with E-state index in [1.54, 1.807) is 0 Å². The molecule has 0 heterocycles. The zero-order valence-corrected chi connectivity index (χ0v) is 7.96. The molecule has 0 aromatic heterocycles. The summed E-state index contributed by atoms with van der Waals surface area (Å²) >= 11 is -1.89. The minimum atomic E-state index is -2.51. The van der Waals surface area contributed by atoms with Crippen molar-refractivity contribution in [2.24, 2.45) is 0 Å². The van der Waals surface area contributed by atoms with Gasteiger partial charge in [0.25, 0.3) is 0 Å². The second-order valence-corrected chi connectivity index (χ2v) is 0.768. The van der Waals surface area contributed by atoms with E-state index in [1.165, 1.54) is 0 Å². The van der Waals surface area contributed by atoms with Crippen LogP contribution in [0.2, 0.25) is 0 Å². The predicted molar refractivity (Wildman–Crippen MR) is 9.21 cm³/mol. The van der Waals surface area contributed by atoms with Gasteiger partial charge in [-0.3, -0.25) is 0 Å². The number of rotatable bonds is 0. The van der Waals surface area contributed by atoms with Crippen molar-refractivity contribution in [2.45, 2.75) is 0 Å². The van der Waals surface area contributed by atoms with Crippen LogP contribution in [0.25, 0.3) is 0 Å². The summed E-state index contributed by atoms with van der Waals surface area (Å²) in [5, 5.41) is 0. The third-order valence-corrected chi connectivity index (χ3v) is 0. The van der Waals surface area contributed by atoms with Gasteiger partial charge in [0.15, 0.2) is 0 Å². The van der Waals surface area contributed by atoms with Crippen LogP contribution in [0.1, 0.15) is 0 Å². The zero-order valence-electron chi connectivity index (χ0n) is 2.43. The topological polar surface area (TPSA) is 51.2 Å². The Balaban J connectivity index is 0. The third kappa shape index (κ3) is 35.3. The van der Waals surface area contributed by atoms with Crippen molar-refractivity contribution in [1.82, 2.24) is 0 Å². The molecule has 0 aliphatic carbocycles. The van der Waals surface area contributed by atoms with E-state index < -0.39 is 36.1 Å². The number of hydrogen-bond acceptors (Lipinski definition) is 3. The Morgan fingerprint density at radius 2 is 1.20 bits per heavy atom. The molecule has 0 aromatic rings. The minimum absolute atomic E-state index is 0.611. The van der Waals surface area contributed by atoms with E-state index in [1.807, 2.05) is 0 Å². The fourth-order valence-electron chi connectivity index (χ4n) is 0. The number of hydrogen-bond donors (Lipinski definition) is 0. The van der Waals surface area contributed by atoms with E-state index in [2.05, 4.69) is 0 Å². The molecule has 0 saturated carbocycles. The molecular formula is HAlO3Th. The second kappa shape index (κ2) is 18.7. The molecule has 0 aromatic carbocycles. The van der Waals surface area contributed by atoms with Crippen molar-refractivity contribution >= 4 is 16.2 Å². The van der Waals surface area contributed by atoms with Crippen molar-refractivity contribution in [1.29, 1.82) is 0 Å². The third-order valence-electron chi connectivity index (χ3n) is 0. The average molecular weight is 308 g/mol. The van der Waals surface area contributed by atoms with Gasteiger partial charge >= 0.3 is 58.5 Å². The van der Waals surface area contributed by atoms with Gasteiger partial charge in [-0.15, -0.1) is 0 Å². The Morgan fingerprint density at radius 1 is 1.20 bits per heavy atom. The molecule has 0 atom stereocenters. The van der Waals surface area contributed by atoms with Crippen LogP contribution in [0.3, 0.4) is 0 Å². The van der Waals surface area contributed by atoms with Crippen molar-refractivity contribution in [3.63, 3.8) is 0 Å². The van der Waals surface area contributed by atoms with Gasteiger partial charge in [-0.2, -0.15) is 0 Å². The van der Waals surface area contributed by atoms with Crippen molar-refractivity contribution in [2.75, 3.05) is 0 Å². The van der Waals surface area contributed by atoms with Crippen molar-refractivity contribution in [3.8, 4) is 0 Å². The van der Waals surface area contributed by atoms with Crippen LogP contribution in [0.5, 0.6) is 0 Å². The molecule has 0 amide bonds. The predicted octanol–water partition coefficient (Wildman–Crippen LogP) is -1.00. The quantitative estimate of drug-likeness (QED) is 0.539. The summed E-state index contributed by atoms with van der Waals surface area (Å²) in [6.45, 7) is 0. The van der Waals surface area contributed by atoms with Crippen LogP contribution in [0.4, 0.5) is 0 Å². The molecule has 0 N–H and O–H groups in total. The summed E-state index contributed by atoms with van der Waals surface area (Å²) in [5.74, 6) is 0. The SMILES string of the molecule is [O]=[AlH].[O]=[Th]=[O]. The monoisotopic (exact) mass is 308 g/mol. The normalized spacial score (nSPS) is 2.20. The van der Waals surface area contributed by atoms with Gasteiger partial charge in [0.1, 0.15) is 0 Å². The first-order valence-electron chi connectivity index (χ1n) is 0.697. The van der Waals surface area contributed by atoms with Crippen LogP contribution in [0, 0.1) is 36.1 Å². The molecule has 26 valence electrons. The summed E-state index contributed by atoms with van der Waals surface area (Å²) < 4.78 is 25.4. The van der Waals surface area contributed by atoms with E-state index in [-0.39, 0.29) is 0 Å². The average Bonchev–Trinajstić information content (AvgIpc) is 1.46. The Kier molecular flexibility index (Phi) is 35.7. The fraction of sp³-hybridized carbons (Fsp3) is 0. The molecule has 0 fully saturated rings. The van der Waals surface area contributed by atoms with E-state index >= 15 is 0 Å². The molecule has 5 heteroatoms. The van der Waals surface area contributed by atoms with Gasteiger partial charge < -0.3 is 0 Å². The summed E-state index contributed by atoms with van der Waals surface area (Å²) in [6, 6.07) is 0. The van der Waals surface area contributed by atoms with Crippen LogP contribution in [-0.4, -0.2) is 16.2 Å². The van der Waals surface area contributed by atoms with E-state index in [0.29, 0.717) is 16.2 Å². The van der Waals surface area contributed by atoms with Gasteiger partial charge in [-0.05, 0) is 0 Å². The van der Waals surface area contributed by atoms with Crippen molar-refractivity contribution < 1.29 is 42.2 Å². The molecule has 0 saturated heterocycles. The van der Waals surface area contributed by atoms with Crippen LogP contribution >= 0.6 is 0 Å². The van der Waals surface area contributed by atoms with Crippen LogP contribution in [-0.2, 0) is 6.13 Å². The molecule has 5 heavy (non-hydrogen) atoms. The molecule has 0 rings (SSSR count). The van der Waals surface area contributed by atoms with Crippen LogP contribution in [0.15, 0.2) is 0 Å². The van der Waals surface area contributed by atoms with E-state index in [4.69, 9.17) is 6.13 Å². The maximum absolute atomic E-state index is 8.58. The molecule has 0 unspecified atom stereocenters. The Hall–Kier alpha value is 1.26. The van der Waals surface area contributed by atoms with Gasteiger partial charge in [0, 0.05) is 0 Å². The van der Waals surface area contributed by atoms with Gasteiger partial charge in [0.2, 0.25) is 0 Å². The van der Waals surface area contributed by atoms with Crippen LogP contribution < -0.4 is 0 Å². The molecule has 0 radical (unpaired) electrons. The van der Waals surface area contributed by atoms with Gasteiger partial charge in [-0.1, -0.05) is 0 Å². The molecule has 3 nitrogen and oxygen atoms in total. The standard InChI is InChI=1S/Al.3O.Th.H. The summed E-state index contributed by atoms with van der Waals surface area (Å²) in [4.78, 5) is 0. The molecule has 0 bridgehead atoms. The second-order valence-electron chi connectivity index (χ2n) is 0.0833. The summed E-state index contributed by atoms with van der Waals surface area (Å²) in [5.41, 5.74) is 0.